The second kappa shape index (κ2) is 4.73. The molecule has 2 amide bonds. The molecular weight excluding hydrogens is 282 g/mol. The molecule has 2 aliphatic rings. The summed E-state index contributed by atoms with van der Waals surface area (Å²) >= 11 is 0. The molecule has 22 heavy (non-hydrogen) atoms. The van der Waals surface area contributed by atoms with Crippen molar-refractivity contribution in [2.24, 2.45) is 0 Å². The summed E-state index contributed by atoms with van der Waals surface area (Å²) in [7, 11) is 0. The van der Waals surface area contributed by atoms with E-state index in [2.05, 4.69) is 5.32 Å². The van der Waals surface area contributed by atoms with Crippen molar-refractivity contribution in [2.45, 2.75) is 0 Å². The number of fused-ring (bicyclic) bond motifs is 2. The summed E-state index contributed by atoms with van der Waals surface area (Å²) in [6.07, 6.45) is 1.74. The van der Waals surface area contributed by atoms with Gasteiger partial charge in [-0.2, -0.15) is 0 Å². The fraction of sp³-hybridized carbons (Fsp3) is 0.0588. The number of ether oxygens (including phenoxy) is 2. The van der Waals surface area contributed by atoms with E-state index in [0.717, 1.165) is 5.56 Å². The zero-order chi connectivity index (χ0) is 15.1. The predicted molar refractivity (Wildman–Crippen MR) is 79.4 cm³/mol. The highest BCUT2D eigenvalue weighted by Gasteiger charge is 2.26. The molecule has 1 N–H and O–H groups in total. The summed E-state index contributed by atoms with van der Waals surface area (Å²) in [5.74, 6) is 0.561. The zero-order valence-corrected chi connectivity index (χ0v) is 11.5. The quantitative estimate of drug-likeness (QED) is 0.647. The van der Waals surface area contributed by atoms with E-state index in [4.69, 9.17) is 9.47 Å². The molecule has 0 spiro atoms. The van der Waals surface area contributed by atoms with Gasteiger partial charge in [-0.25, -0.2) is 0 Å². The Morgan fingerprint density at radius 3 is 2.55 bits per heavy atom. The van der Waals surface area contributed by atoms with Gasteiger partial charge in [-0.1, -0.05) is 24.3 Å². The highest BCUT2D eigenvalue weighted by Crippen LogP contribution is 2.34. The molecule has 0 radical (unpaired) electrons. The minimum atomic E-state index is -0.402. The normalized spacial score (nSPS) is 17.4. The van der Waals surface area contributed by atoms with Gasteiger partial charge in [0.1, 0.15) is 0 Å². The number of carbonyl (C=O) groups is 2. The second-order valence-electron chi connectivity index (χ2n) is 5.00. The van der Waals surface area contributed by atoms with Gasteiger partial charge in [0.15, 0.2) is 11.5 Å². The minimum absolute atomic E-state index is 0.202. The fourth-order valence-corrected chi connectivity index (χ4v) is 2.59. The Morgan fingerprint density at radius 1 is 0.909 bits per heavy atom. The van der Waals surface area contributed by atoms with Crippen LogP contribution in [0.5, 0.6) is 11.5 Å². The Bertz CT molecular complexity index is 838. The zero-order valence-electron chi connectivity index (χ0n) is 11.5. The minimum Gasteiger partial charge on any atom is -0.454 e. The van der Waals surface area contributed by atoms with E-state index in [1.165, 1.54) is 0 Å². The highest BCUT2D eigenvalue weighted by molar-refractivity contribution is 6.33. The summed E-state index contributed by atoms with van der Waals surface area (Å²) in [4.78, 5) is 24.0. The molecule has 4 rings (SSSR count). The third-order valence-electron chi connectivity index (χ3n) is 3.64. The smallest absolute Gasteiger partial charge is 0.258 e. The maximum absolute atomic E-state index is 12.1. The van der Waals surface area contributed by atoms with E-state index < -0.39 is 5.91 Å². The first-order valence-corrected chi connectivity index (χ1v) is 6.79. The van der Waals surface area contributed by atoms with Crippen molar-refractivity contribution in [3.8, 4) is 11.5 Å². The third kappa shape index (κ3) is 1.95. The van der Waals surface area contributed by atoms with Gasteiger partial charge in [0.05, 0.1) is 0 Å². The molecule has 108 valence electrons. The van der Waals surface area contributed by atoms with Crippen molar-refractivity contribution in [3.63, 3.8) is 0 Å². The van der Waals surface area contributed by atoms with E-state index in [1.807, 2.05) is 12.1 Å². The van der Waals surface area contributed by atoms with Crippen LogP contribution in [0.2, 0.25) is 0 Å². The Kier molecular flexibility index (Phi) is 2.72. The molecule has 0 aliphatic carbocycles. The van der Waals surface area contributed by atoms with Crippen LogP contribution < -0.4 is 14.8 Å². The molecule has 0 saturated heterocycles. The first-order valence-electron chi connectivity index (χ1n) is 6.79. The number of hydrogen-bond acceptors (Lipinski definition) is 4. The summed E-state index contributed by atoms with van der Waals surface area (Å²) < 4.78 is 10.6. The standard InChI is InChI=1S/C17H11NO4/c19-16-12-4-2-1-3-11(12)13(17(20)18-16)7-10-5-6-14-15(8-10)22-9-21-14/h1-8H,9H2,(H,18,19,20). The number of benzene rings is 2. The van der Waals surface area contributed by atoms with Gasteiger partial charge in [-0.15, -0.1) is 0 Å². The van der Waals surface area contributed by atoms with Crippen LogP contribution in [0.3, 0.4) is 0 Å². The van der Waals surface area contributed by atoms with E-state index in [0.29, 0.717) is 28.2 Å². The van der Waals surface area contributed by atoms with Crippen molar-refractivity contribution in [3.05, 3.63) is 59.2 Å². The van der Waals surface area contributed by atoms with E-state index in [-0.39, 0.29) is 12.7 Å². The maximum Gasteiger partial charge on any atom is 0.258 e. The monoisotopic (exact) mass is 293 g/mol. The molecule has 0 fully saturated rings. The Balaban J connectivity index is 1.83. The lowest BCUT2D eigenvalue weighted by Gasteiger charge is -2.18. The molecule has 0 bridgehead atoms. The van der Waals surface area contributed by atoms with Crippen LogP contribution in [-0.4, -0.2) is 18.6 Å². The third-order valence-corrected chi connectivity index (χ3v) is 3.64. The van der Waals surface area contributed by atoms with Gasteiger partial charge in [-0.3, -0.25) is 14.9 Å². The van der Waals surface area contributed by atoms with Gasteiger partial charge in [0.25, 0.3) is 11.8 Å². The first kappa shape index (κ1) is 12.6. The van der Waals surface area contributed by atoms with E-state index in [9.17, 15) is 9.59 Å². The molecule has 0 atom stereocenters. The maximum atomic E-state index is 12.1. The largest absolute Gasteiger partial charge is 0.454 e. The highest BCUT2D eigenvalue weighted by atomic mass is 16.7. The fourth-order valence-electron chi connectivity index (χ4n) is 2.59. The van der Waals surface area contributed by atoms with E-state index in [1.54, 1.807) is 36.4 Å². The van der Waals surface area contributed by atoms with Gasteiger partial charge >= 0.3 is 0 Å². The van der Waals surface area contributed by atoms with Crippen molar-refractivity contribution in [1.29, 1.82) is 0 Å². The summed E-state index contributed by atoms with van der Waals surface area (Å²) in [5, 5.41) is 2.36. The average molecular weight is 293 g/mol. The number of rotatable bonds is 1. The van der Waals surface area contributed by atoms with Crippen molar-refractivity contribution < 1.29 is 19.1 Å². The van der Waals surface area contributed by atoms with Gasteiger partial charge in [0.2, 0.25) is 6.79 Å². The molecule has 0 aromatic heterocycles. The lowest BCUT2D eigenvalue weighted by molar-refractivity contribution is -0.114. The Morgan fingerprint density at radius 2 is 1.68 bits per heavy atom. The lowest BCUT2D eigenvalue weighted by Crippen LogP contribution is -2.36. The van der Waals surface area contributed by atoms with Crippen molar-refractivity contribution in [2.75, 3.05) is 6.79 Å². The molecule has 2 aliphatic heterocycles. The van der Waals surface area contributed by atoms with Crippen LogP contribution in [0.1, 0.15) is 21.5 Å². The number of imide groups is 1. The molecular formula is C17H11NO4. The van der Waals surface area contributed by atoms with Crippen LogP contribution in [0, 0.1) is 0 Å². The molecule has 2 aromatic carbocycles. The molecule has 5 heteroatoms. The van der Waals surface area contributed by atoms with E-state index >= 15 is 0 Å². The molecule has 0 unspecified atom stereocenters. The Hall–Kier alpha value is -3.08. The number of hydrogen-bond donors (Lipinski definition) is 1. The number of amides is 2. The Labute approximate surface area is 126 Å². The predicted octanol–water partition coefficient (Wildman–Crippen LogP) is 2.23. The summed E-state index contributed by atoms with van der Waals surface area (Å²) in [6, 6.07) is 12.5. The molecule has 5 nitrogen and oxygen atoms in total. The molecule has 2 heterocycles. The van der Waals surface area contributed by atoms with Crippen LogP contribution in [-0.2, 0) is 4.79 Å². The topological polar surface area (TPSA) is 64.6 Å². The van der Waals surface area contributed by atoms with Crippen LogP contribution in [0.15, 0.2) is 42.5 Å². The van der Waals surface area contributed by atoms with Gasteiger partial charge in [0, 0.05) is 11.1 Å². The molecule has 0 saturated carbocycles. The summed E-state index contributed by atoms with van der Waals surface area (Å²) in [6.45, 7) is 0.202. The first-order chi connectivity index (χ1) is 10.7. The molecule has 2 aromatic rings. The number of nitrogens with one attached hydrogen (secondary N) is 1. The van der Waals surface area contributed by atoms with Crippen LogP contribution in [0.25, 0.3) is 11.6 Å². The average Bonchev–Trinajstić information content (AvgIpc) is 2.99. The van der Waals surface area contributed by atoms with Crippen molar-refractivity contribution >= 4 is 23.5 Å². The van der Waals surface area contributed by atoms with Gasteiger partial charge in [-0.05, 0) is 35.4 Å². The SMILES string of the molecule is O=C1NC(=O)c2ccccc2C1=Cc1ccc2c(c1)OCO2. The lowest BCUT2D eigenvalue weighted by atomic mass is 9.93. The van der Waals surface area contributed by atoms with Crippen LogP contribution >= 0.6 is 0 Å². The summed E-state index contributed by atoms with van der Waals surface area (Å²) in [5.41, 5.74) is 2.38. The second-order valence-corrected chi connectivity index (χ2v) is 5.00. The van der Waals surface area contributed by atoms with Gasteiger partial charge < -0.3 is 9.47 Å². The van der Waals surface area contributed by atoms with Crippen molar-refractivity contribution in [1.82, 2.24) is 5.32 Å². The number of carbonyl (C=O) groups excluding carboxylic acids is 2. The van der Waals surface area contributed by atoms with Crippen LogP contribution in [0.4, 0.5) is 0 Å².